The minimum atomic E-state index is -0.836. The number of nitrogens with one attached hydrogen (secondary N) is 1. The molecule has 21 heteroatoms. The molecule has 476 valence electrons. The quantitative estimate of drug-likeness (QED) is 0.0747. The summed E-state index contributed by atoms with van der Waals surface area (Å²) in [6.07, 6.45) is 6.44. The summed E-state index contributed by atoms with van der Waals surface area (Å²) in [6, 6.07) is 18.8. The second-order valence-corrected chi connectivity index (χ2v) is 28.6. The lowest BCUT2D eigenvalue weighted by molar-refractivity contribution is -0.141. The number of piperidine rings is 2. The first-order chi connectivity index (χ1) is 43.1. The second-order valence-electron chi connectivity index (χ2n) is 27.8. The average Bonchev–Trinajstić information content (AvgIpc) is 1.79. The van der Waals surface area contributed by atoms with E-state index in [-0.39, 0.29) is 66.6 Å². The van der Waals surface area contributed by atoms with Crippen molar-refractivity contribution in [2.24, 2.45) is 17.8 Å². The van der Waals surface area contributed by atoms with E-state index in [1.54, 1.807) is 23.5 Å². The molecule has 90 heavy (non-hydrogen) atoms. The molecular weight excluding hydrogens is 1160 g/mol. The van der Waals surface area contributed by atoms with Gasteiger partial charge in [0.05, 0.1) is 56.5 Å². The Morgan fingerprint density at radius 1 is 0.900 bits per heavy atom. The number of hydrogen-bond acceptors (Lipinski definition) is 18. The number of pyridine rings is 1. The number of benzene rings is 3. The van der Waals surface area contributed by atoms with Crippen molar-refractivity contribution in [2.45, 2.75) is 154 Å². The molecule has 5 saturated heterocycles. The van der Waals surface area contributed by atoms with Crippen LogP contribution in [-0.4, -0.2) is 168 Å². The Bertz CT molecular complexity index is 3810. The summed E-state index contributed by atoms with van der Waals surface area (Å²) in [6.45, 7) is 21.7. The van der Waals surface area contributed by atoms with Crippen molar-refractivity contribution >= 4 is 62.6 Å². The maximum Gasteiger partial charge on any atom is 0.410 e. The first-order valence-corrected chi connectivity index (χ1v) is 33.3. The zero-order valence-corrected chi connectivity index (χ0v) is 53.8. The van der Waals surface area contributed by atoms with Crippen LogP contribution in [0.2, 0.25) is 0 Å². The first-order valence-electron chi connectivity index (χ1n) is 32.4. The van der Waals surface area contributed by atoms with Crippen molar-refractivity contribution in [3.8, 4) is 33.5 Å². The number of anilines is 2. The van der Waals surface area contributed by atoms with E-state index < -0.39 is 29.3 Å². The van der Waals surface area contributed by atoms with Crippen LogP contribution in [0.15, 0.2) is 76.9 Å². The van der Waals surface area contributed by atoms with Gasteiger partial charge >= 0.3 is 12.1 Å². The Morgan fingerprint density at radius 2 is 1.67 bits per heavy atom. The number of aryl methyl sites for hydroxylation is 1. The topological polar surface area (TPSA) is 236 Å². The van der Waals surface area contributed by atoms with E-state index in [1.807, 2.05) is 108 Å². The predicted octanol–water partition coefficient (Wildman–Crippen LogP) is 10.4. The molecule has 4 aromatic heterocycles. The van der Waals surface area contributed by atoms with Gasteiger partial charge in [0.25, 0.3) is 0 Å². The number of rotatable bonds is 15. The summed E-state index contributed by atoms with van der Waals surface area (Å²) < 4.78 is 18.5. The Hall–Kier alpha value is -7.46. The van der Waals surface area contributed by atoms with Crippen molar-refractivity contribution in [1.82, 2.24) is 45.1 Å². The first kappa shape index (κ1) is 61.4. The smallest absolute Gasteiger partial charge is 0.410 e. The third-order valence-corrected chi connectivity index (χ3v) is 21.0. The Labute approximate surface area is 530 Å². The van der Waals surface area contributed by atoms with Gasteiger partial charge in [-0.25, -0.2) is 9.78 Å². The number of ether oxygens (including phenoxy) is 2. The Balaban J connectivity index is 0.628. The zero-order valence-electron chi connectivity index (χ0n) is 53.0. The molecule has 7 atom stereocenters. The third-order valence-electron chi connectivity index (χ3n) is 20.0. The Kier molecular flexibility index (Phi) is 16.8. The number of nitrogens with zero attached hydrogens (tertiary/aromatic N) is 10. The number of likely N-dealkylation sites (tertiary alicyclic amines) is 3. The molecule has 7 aromatic rings. The normalized spacial score (nSPS) is 22.7. The van der Waals surface area contributed by atoms with Crippen molar-refractivity contribution in [2.75, 3.05) is 75.3 Å². The minimum Gasteiger partial charge on any atom is -0.508 e. The van der Waals surface area contributed by atoms with E-state index in [0.717, 1.165) is 130 Å². The molecule has 3 aromatic carbocycles. The lowest BCUT2D eigenvalue weighted by atomic mass is 9.79. The Morgan fingerprint density at radius 3 is 2.40 bits per heavy atom. The van der Waals surface area contributed by atoms with E-state index in [2.05, 4.69) is 43.1 Å². The molecule has 20 nitrogen and oxygen atoms in total. The number of hydrogen-bond donors (Lipinski definition) is 4. The summed E-state index contributed by atoms with van der Waals surface area (Å²) in [5, 5.41) is 44.3. The number of aliphatic hydroxyl groups excluding tert-OH is 1. The number of phenolic OH excluding ortho intramolecular Hbond substituents is 1. The number of carbonyl (C=O) groups is 3. The number of phenols is 1. The van der Waals surface area contributed by atoms with E-state index in [9.17, 15) is 29.7 Å². The number of aliphatic hydroxyl groups is 2. The minimum absolute atomic E-state index is 0.0527. The molecule has 9 heterocycles. The number of aromatic hydroxyl groups is 1. The summed E-state index contributed by atoms with van der Waals surface area (Å²) in [4.78, 5) is 73.3. The highest BCUT2D eigenvalue weighted by Gasteiger charge is 2.45. The highest BCUT2D eigenvalue weighted by Crippen LogP contribution is 2.49. The van der Waals surface area contributed by atoms with Crippen LogP contribution in [0, 0.1) is 24.7 Å². The van der Waals surface area contributed by atoms with E-state index >= 15 is 0 Å². The molecule has 0 spiro atoms. The van der Waals surface area contributed by atoms with E-state index in [1.165, 1.54) is 4.90 Å². The molecule has 4 N–H and O–H groups in total. The van der Waals surface area contributed by atoms with Crippen molar-refractivity contribution in [1.29, 1.82) is 0 Å². The van der Waals surface area contributed by atoms with Crippen LogP contribution in [-0.2, 0) is 14.3 Å². The van der Waals surface area contributed by atoms with Crippen LogP contribution in [0.1, 0.15) is 146 Å². The fourth-order valence-electron chi connectivity index (χ4n) is 15.2. The molecule has 5 aliphatic heterocycles. The largest absolute Gasteiger partial charge is 0.508 e. The van der Waals surface area contributed by atoms with Crippen LogP contribution in [0.25, 0.3) is 43.4 Å². The summed E-state index contributed by atoms with van der Waals surface area (Å²) >= 11 is 1.59. The van der Waals surface area contributed by atoms with Gasteiger partial charge in [-0.05, 0) is 137 Å². The molecule has 3 unspecified atom stereocenters. The standard InChI is InChI=1S/C69H85N11O9S/c1-39(2)57(65(84)80-37-50(82)31-54(80)64(83)72-41(4)45-12-14-46(15-13-45)62-42(5)71-38-90-62)55-32-56(75-89-55)77-21-16-43(17-22-77)33-69(86)19-24-76(25-20-69)26-27-87-66-73-61-53(34-70-60-52-30-49(81)29-47-10-9-11-51(59(47)52)40(3)58(60)61)63(74-66)78-23-18-44-28-48(36-78)79(35-44)67(85)88-68(6,7)8/h9-15,29-30,32,34,38-41,43-44,48,50,54,57,81-82,86H,16-28,31,33,35-37H2,1-8H3,(H,72,83)/t40?,41-,44?,48?,50+,54-,57+/m0/s1. The average molecular weight is 1240 g/mol. The monoisotopic (exact) mass is 1240 g/mol. The van der Waals surface area contributed by atoms with Crippen LogP contribution in [0.4, 0.5) is 16.4 Å². The lowest BCUT2D eigenvalue weighted by Gasteiger charge is -2.41. The molecule has 2 bridgehead atoms. The van der Waals surface area contributed by atoms with Gasteiger partial charge in [-0.2, -0.15) is 9.97 Å². The number of β-amino-alcohol motifs (C(OH)–C–C–N with tert-alkyl or cyclic N) is 1. The number of aromatic nitrogens is 5. The molecule has 3 amide bonds. The van der Waals surface area contributed by atoms with Gasteiger partial charge in [0.15, 0.2) is 11.6 Å². The van der Waals surface area contributed by atoms with Crippen molar-refractivity contribution in [3.05, 3.63) is 101 Å². The number of amides is 3. The summed E-state index contributed by atoms with van der Waals surface area (Å²) in [7, 11) is 0. The zero-order chi connectivity index (χ0) is 62.9. The van der Waals surface area contributed by atoms with Gasteiger partial charge in [-0.3, -0.25) is 19.5 Å². The number of carbonyl (C=O) groups excluding carboxylic acids is 3. The van der Waals surface area contributed by atoms with Gasteiger partial charge in [-0.1, -0.05) is 68.4 Å². The fourth-order valence-corrected chi connectivity index (χ4v) is 16.0. The highest BCUT2D eigenvalue weighted by molar-refractivity contribution is 7.13. The van der Waals surface area contributed by atoms with Gasteiger partial charge in [0.2, 0.25) is 11.8 Å². The van der Waals surface area contributed by atoms with Crippen molar-refractivity contribution < 1.29 is 43.7 Å². The number of thiazole rings is 1. The second kappa shape index (κ2) is 24.6. The SMILES string of the molecule is Cc1ncsc1-c1ccc([C@H](C)NC(=O)[C@@H]2C[C@@H](O)CN2C(=O)[C@@H](c2cc(N3CCC(CC4(O)CCN(CCOc5nc(N6CCC7CC(C6)N(C(=O)OC(C)(C)C)C7)c6cnc7c(c6n5)C(C)c5cccc6cc(O)cc-7c56)CC4)CC3)no2)C(C)C)cc1. The van der Waals surface area contributed by atoms with E-state index in [4.69, 9.17) is 28.9 Å². The van der Waals surface area contributed by atoms with Gasteiger partial charge in [0.1, 0.15) is 35.7 Å². The summed E-state index contributed by atoms with van der Waals surface area (Å²) in [5.41, 5.74) is 7.92. The molecule has 5 fully saturated rings. The maximum absolute atomic E-state index is 14.5. The summed E-state index contributed by atoms with van der Waals surface area (Å²) in [5.74, 6) is 1.14. The molecular formula is C69H85N11O9S. The molecule has 1 aliphatic carbocycles. The predicted molar refractivity (Wildman–Crippen MR) is 346 cm³/mol. The number of fused-ring (bicyclic) bond motifs is 6. The molecule has 0 radical (unpaired) electrons. The van der Waals surface area contributed by atoms with Crippen molar-refractivity contribution in [3.63, 3.8) is 0 Å². The molecule has 6 aliphatic rings. The molecule has 13 rings (SSSR count). The van der Waals surface area contributed by atoms with Gasteiger partial charge in [0, 0.05) is 94.6 Å². The van der Waals surface area contributed by atoms with Gasteiger partial charge in [-0.15, -0.1) is 11.3 Å². The maximum atomic E-state index is 14.5. The highest BCUT2D eigenvalue weighted by atomic mass is 32.1. The van der Waals surface area contributed by atoms with Crippen LogP contribution in [0.3, 0.4) is 0 Å². The molecule has 0 saturated carbocycles. The van der Waals surface area contributed by atoms with Crippen LogP contribution in [0.5, 0.6) is 11.8 Å². The third kappa shape index (κ3) is 12.3. The van der Waals surface area contributed by atoms with E-state index in [0.29, 0.717) is 68.9 Å². The van der Waals surface area contributed by atoms with Gasteiger partial charge < -0.3 is 54.2 Å². The fraction of sp³-hybridized carbons (Fsp3) is 0.536. The van der Waals surface area contributed by atoms with Crippen LogP contribution < -0.4 is 19.9 Å². The van der Waals surface area contributed by atoms with Crippen LogP contribution >= 0.6 is 11.3 Å². The lowest BCUT2D eigenvalue weighted by Crippen LogP contribution is -2.48.